The second kappa shape index (κ2) is 5.11. The molecule has 0 radical (unpaired) electrons. The van der Waals surface area contributed by atoms with Gasteiger partial charge < -0.3 is 10.4 Å². The third-order valence-electron chi connectivity index (χ3n) is 3.26. The molecular formula is C10H15N5O3. The predicted molar refractivity (Wildman–Crippen MR) is 59.0 cm³/mol. The van der Waals surface area contributed by atoms with Gasteiger partial charge in [0.25, 0.3) is 0 Å². The van der Waals surface area contributed by atoms with E-state index in [1.807, 2.05) is 6.92 Å². The molecule has 0 aliphatic heterocycles. The molecule has 8 nitrogen and oxygen atoms in total. The van der Waals surface area contributed by atoms with Crippen LogP contribution in [-0.4, -0.2) is 37.6 Å². The van der Waals surface area contributed by atoms with Gasteiger partial charge in [0.1, 0.15) is 0 Å². The van der Waals surface area contributed by atoms with Crippen LogP contribution in [0.2, 0.25) is 0 Å². The Hall–Kier alpha value is -1.99. The van der Waals surface area contributed by atoms with Crippen molar-refractivity contribution in [2.24, 2.45) is 17.8 Å². The molecule has 3 N–H and O–H groups in total. The third-order valence-corrected chi connectivity index (χ3v) is 3.26. The van der Waals surface area contributed by atoms with Gasteiger partial charge in [0, 0.05) is 0 Å². The molecule has 3 unspecified atom stereocenters. The average Bonchev–Trinajstić information content (AvgIpc) is 2.94. The van der Waals surface area contributed by atoms with Gasteiger partial charge in [-0.05, 0) is 18.8 Å². The fourth-order valence-corrected chi connectivity index (χ4v) is 2.41. The lowest BCUT2D eigenvalue weighted by molar-refractivity contribution is -0.146. The summed E-state index contributed by atoms with van der Waals surface area (Å²) in [5.41, 5.74) is 0. The third kappa shape index (κ3) is 2.63. The van der Waals surface area contributed by atoms with E-state index >= 15 is 0 Å². The van der Waals surface area contributed by atoms with Crippen molar-refractivity contribution in [3.8, 4) is 0 Å². The molecule has 0 saturated heterocycles. The highest BCUT2D eigenvalue weighted by Crippen LogP contribution is 2.36. The first-order chi connectivity index (χ1) is 8.58. The number of aromatic amines is 1. The normalized spacial score (nSPS) is 27.1. The number of carbonyl (C=O) groups excluding carboxylic acids is 1. The van der Waals surface area contributed by atoms with Crippen molar-refractivity contribution in [3.63, 3.8) is 0 Å². The maximum atomic E-state index is 11.9. The highest BCUT2D eigenvalue weighted by molar-refractivity contribution is 5.85. The van der Waals surface area contributed by atoms with Gasteiger partial charge >= 0.3 is 5.97 Å². The van der Waals surface area contributed by atoms with Crippen LogP contribution in [0.5, 0.6) is 0 Å². The van der Waals surface area contributed by atoms with E-state index in [1.54, 1.807) is 0 Å². The lowest BCUT2D eigenvalue weighted by Gasteiger charge is -2.14. The van der Waals surface area contributed by atoms with Crippen LogP contribution in [0, 0.1) is 17.8 Å². The SMILES string of the molecule is CC1CC(C(=O)O)C(C(=O)NCc2nn[nH]n2)C1. The summed E-state index contributed by atoms with van der Waals surface area (Å²) in [6, 6.07) is 0. The maximum Gasteiger partial charge on any atom is 0.307 e. The van der Waals surface area contributed by atoms with Crippen LogP contribution < -0.4 is 5.32 Å². The van der Waals surface area contributed by atoms with Crippen LogP contribution in [0.15, 0.2) is 0 Å². The Morgan fingerprint density at radius 3 is 2.78 bits per heavy atom. The zero-order valence-corrected chi connectivity index (χ0v) is 9.96. The van der Waals surface area contributed by atoms with E-state index in [-0.39, 0.29) is 18.4 Å². The minimum Gasteiger partial charge on any atom is -0.481 e. The van der Waals surface area contributed by atoms with Crippen LogP contribution in [0.1, 0.15) is 25.6 Å². The van der Waals surface area contributed by atoms with E-state index in [4.69, 9.17) is 5.11 Å². The maximum absolute atomic E-state index is 11.9. The van der Waals surface area contributed by atoms with Crippen molar-refractivity contribution in [1.29, 1.82) is 0 Å². The van der Waals surface area contributed by atoms with Crippen LogP contribution in [0.3, 0.4) is 0 Å². The Bertz CT molecular complexity index is 433. The molecule has 98 valence electrons. The molecule has 1 saturated carbocycles. The highest BCUT2D eigenvalue weighted by atomic mass is 16.4. The molecule has 1 aliphatic carbocycles. The molecule has 1 heterocycles. The molecule has 1 fully saturated rings. The zero-order valence-electron chi connectivity index (χ0n) is 9.96. The number of carboxylic acid groups (broad SMARTS) is 1. The highest BCUT2D eigenvalue weighted by Gasteiger charge is 2.41. The molecule has 1 aromatic rings. The molecule has 0 bridgehead atoms. The number of rotatable bonds is 4. The topological polar surface area (TPSA) is 121 Å². The molecule has 1 amide bonds. The van der Waals surface area contributed by atoms with E-state index in [9.17, 15) is 9.59 Å². The van der Waals surface area contributed by atoms with Crippen LogP contribution in [0.4, 0.5) is 0 Å². The number of hydrogen-bond donors (Lipinski definition) is 3. The lowest BCUT2D eigenvalue weighted by atomic mass is 9.95. The molecule has 1 aromatic heterocycles. The second-order valence-electron chi connectivity index (χ2n) is 4.67. The number of amides is 1. The van der Waals surface area contributed by atoms with E-state index in [2.05, 4.69) is 25.9 Å². The van der Waals surface area contributed by atoms with Gasteiger partial charge in [-0.25, -0.2) is 0 Å². The number of aromatic nitrogens is 4. The van der Waals surface area contributed by atoms with Gasteiger partial charge in [-0.2, -0.15) is 5.21 Å². The lowest BCUT2D eigenvalue weighted by Crippen LogP contribution is -2.35. The van der Waals surface area contributed by atoms with E-state index in [0.29, 0.717) is 18.7 Å². The van der Waals surface area contributed by atoms with Crippen molar-refractivity contribution in [2.75, 3.05) is 0 Å². The molecule has 3 atom stereocenters. The summed E-state index contributed by atoms with van der Waals surface area (Å²) >= 11 is 0. The van der Waals surface area contributed by atoms with Gasteiger partial charge in [-0.1, -0.05) is 12.1 Å². The summed E-state index contributed by atoms with van der Waals surface area (Å²) in [6.07, 6.45) is 1.16. The van der Waals surface area contributed by atoms with Crippen molar-refractivity contribution in [1.82, 2.24) is 25.9 Å². The summed E-state index contributed by atoms with van der Waals surface area (Å²) in [4.78, 5) is 23.0. The number of hydrogen-bond acceptors (Lipinski definition) is 5. The van der Waals surface area contributed by atoms with Crippen molar-refractivity contribution in [2.45, 2.75) is 26.3 Å². The second-order valence-corrected chi connectivity index (χ2v) is 4.67. The summed E-state index contributed by atoms with van der Waals surface area (Å²) in [5.74, 6) is -1.58. The van der Waals surface area contributed by atoms with Gasteiger partial charge in [0.2, 0.25) is 5.91 Å². The minimum atomic E-state index is -0.904. The predicted octanol–water partition coefficient (Wildman–Crippen LogP) is -0.437. The summed E-state index contributed by atoms with van der Waals surface area (Å²) in [5, 5.41) is 24.8. The standard InChI is InChI=1S/C10H15N5O3/c1-5-2-6(7(3-5)10(17)18)9(16)11-4-8-12-14-15-13-8/h5-7H,2-4H2,1H3,(H,11,16)(H,17,18)(H,12,13,14,15). The number of carbonyl (C=O) groups is 2. The van der Waals surface area contributed by atoms with Crippen LogP contribution in [-0.2, 0) is 16.1 Å². The zero-order chi connectivity index (χ0) is 13.1. The summed E-state index contributed by atoms with van der Waals surface area (Å²) in [6.45, 7) is 2.12. The van der Waals surface area contributed by atoms with Gasteiger partial charge in [0.05, 0.1) is 18.4 Å². The molecular weight excluding hydrogens is 238 g/mol. The average molecular weight is 253 g/mol. The summed E-state index contributed by atoms with van der Waals surface area (Å²) in [7, 11) is 0. The van der Waals surface area contributed by atoms with Crippen LogP contribution >= 0.6 is 0 Å². The Kier molecular flexibility index (Phi) is 3.54. The number of aliphatic carboxylic acids is 1. The molecule has 0 spiro atoms. The quantitative estimate of drug-likeness (QED) is 0.669. The molecule has 2 rings (SSSR count). The number of H-pyrrole nitrogens is 1. The number of nitrogens with one attached hydrogen (secondary N) is 2. The number of nitrogens with zero attached hydrogens (tertiary/aromatic N) is 3. The molecule has 1 aliphatic rings. The Labute approximate surface area is 103 Å². The molecule has 0 aromatic carbocycles. The first-order valence-corrected chi connectivity index (χ1v) is 5.80. The van der Waals surface area contributed by atoms with E-state index in [1.165, 1.54) is 0 Å². The Morgan fingerprint density at radius 2 is 2.17 bits per heavy atom. The van der Waals surface area contributed by atoms with Crippen molar-refractivity contribution >= 4 is 11.9 Å². The van der Waals surface area contributed by atoms with Gasteiger partial charge in [-0.15, -0.1) is 10.2 Å². The first-order valence-electron chi connectivity index (χ1n) is 5.80. The first kappa shape index (κ1) is 12.5. The van der Waals surface area contributed by atoms with Crippen molar-refractivity contribution in [3.05, 3.63) is 5.82 Å². The molecule has 18 heavy (non-hydrogen) atoms. The van der Waals surface area contributed by atoms with Crippen LogP contribution in [0.25, 0.3) is 0 Å². The smallest absolute Gasteiger partial charge is 0.307 e. The van der Waals surface area contributed by atoms with E-state index < -0.39 is 17.8 Å². The Morgan fingerprint density at radius 1 is 1.44 bits per heavy atom. The Balaban J connectivity index is 1.93. The monoisotopic (exact) mass is 253 g/mol. The summed E-state index contributed by atoms with van der Waals surface area (Å²) < 4.78 is 0. The van der Waals surface area contributed by atoms with Gasteiger partial charge in [0.15, 0.2) is 5.82 Å². The van der Waals surface area contributed by atoms with Crippen molar-refractivity contribution < 1.29 is 14.7 Å². The number of tetrazole rings is 1. The minimum absolute atomic E-state index is 0.159. The fourth-order valence-electron chi connectivity index (χ4n) is 2.41. The fraction of sp³-hybridized carbons (Fsp3) is 0.700. The number of carboxylic acids is 1. The largest absolute Gasteiger partial charge is 0.481 e. The van der Waals surface area contributed by atoms with E-state index in [0.717, 1.165) is 0 Å². The van der Waals surface area contributed by atoms with Gasteiger partial charge in [-0.3, -0.25) is 9.59 Å². The molecule has 8 heteroatoms.